The third kappa shape index (κ3) is 3.61. The molecule has 0 spiro atoms. The van der Waals surface area contributed by atoms with E-state index in [9.17, 15) is 5.26 Å². The zero-order chi connectivity index (χ0) is 28.5. The number of para-hydroxylation sites is 1. The van der Waals surface area contributed by atoms with E-state index in [2.05, 4.69) is 77.4 Å². The molecule has 0 amide bonds. The highest BCUT2D eigenvalue weighted by atomic mass is 16.3. The summed E-state index contributed by atoms with van der Waals surface area (Å²) in [5.74, 6) is 0.835. The average molecular weight is 552 g/mol. The second-order valence-electron chi connectivity index (χ2n) is 10.8. The molecule has 200 valence electrons. The van der Waals surface area contributed by atoms with Gasteiger partial charge in [0.1, 0.15) is 28.2 Å². The minimum atomic E-state index is 0.593. The number of furan rings is 2. The highest BCUT2D eigenvalue weighted by Crippen LogP contribution is 2.38. The van der Waals surface area contributed by atoms with Gasteiger partial charge in [-0.1, -0.05) is 66.7 Å². The molecule has 0 bridgehead atoms. The van der Waals surface area contributed by atoms with Crippen molar-refractivity contribution in [3.8, 4) is 34.3 Å². The lowest BCUT2D eigenvalue weighted by Gasteiger charge is -2.11. The van der Waals surface area contributed by atoms with Crippen LogP contribution in [0.5, 0.6) is 0 Å². The smallest absolute Gasteiger partial charge is 0.145 e. The summed E-state index contributed by atoms with van der Waals surface area (Å²) < 4.78 is 14.6. The van der Waals surface area contributed by atoms with E-state index in [0.29, 0.717) is 5.56 Å². The molecule has 6 aromatic carbocycles. The van der Waals surface area contributed by atoms with Crippen LogP contribution in [0.3, 0.4) is 0 Å². The fraction of sp³-hybridized carbons (Fsp3) is 0. The number of hydrogen-bond donors (Lipinski definition) is 0. The van der Waals surface area contributed by atoms with E-state index in [1.54, 1.807) is 0 Å². The van der Waals surface area contributed by atoms with Gasteiger partial charge in [-0.15, -0.1) is 0 Å². The summed E-state index contributed by atoms with van der Waals surface area (Å²) in [6.45, 7) is 0. The molecule has 0 unspecified atom stereocenters. The number of benzene rings is 6. The van der Waals surface area contributed by atoms with Crippen LogP contribution in [0.4, 0.5) is 0 Å². The average Bonchev–Trinajstić information content (AvgIpc) is 3.74. The lowest BCUT2D eigenvalue weighted by molar-refractivity contribution is 0.664. The number of hydrogen-bond acceptors (Lipinski definition) is 4. The molecule has 0 aliphatic carbocycles. The summed E-state index contributed by atoms with van der Waals surface area (Å²) in [4.78, 5) is 4.93. The molecule has 0 saturated carbocycles. The van der Waals surface area contributed by atoms with Crippen LogP contribution in [-0.4, -0.2) is 9.55 Å². The molecule has 3 aromatic heterocycles. The molecule has 0 fully saturated rings. The SMILES string of the molecule is N#Cc1ccc2c(c1)nc(-c1ccccc1)n2-c1ccc(-c2ccc3oc4cc5c(cc4c3c2)oc2ccccc25)cc1. The van der Waals surface area contributed by atoms with E-state index in [0.717, 1.165) is 83.1 Å². The highest BCUT2D eigenvalue weighted by molar-refractivity contribution is 6.15. The van der Waals surface area contributed by atoms with Gasteiger partial charge in [-0.25, -0.2) is 4.98 Å². The number of rotatable bonds is 3. The first kappa shape index (κ1) is 23.6. The molecular weight excluding hydrogens is 530 g/mol. The fourth-order valence-corrected chi connectivity index (χ4v) is 6.17. The van der Waals surface area contributed by atoms with Crippen LogP contribution in [0.25, 0.3) is 83.1 Å². The van der Waals surface area contributed by atoms with Crippen molar-refractivity contribution in [2.45, 2.75) is 0 Å². The van der Waals surface area contributed by atoms with Crippen molar-refractivity contribution in [1.29, 1.82) is 5.26 Å². The molecule has 5 heteroatoms. The zero-order valence-corrected chi connectivity index (χ0v) is 22.8. The molecule has 3 heterocycles. The minimum absolute atomic E-state index is 0.593. The molecule has 9 aromatic rings. The Morgan fingerprint density at radius 2 is 1.21 bits per heavy atom. The number of aromatic nitrogens is 2. The van der Waals surface area contributed by atoms with Crippen molar-refractivity contribution in [2.75, 3.05) is 0 Å². The third-order valence-electron chi connectivity index (χ3n) is 8.24. The molecule has 0 aliphatic heterocycles. The van der Waals surface area contributed by atoms with Gasteiger partial charge in [0.25, 0.3) is 0 Å². The van der Waals surface area contributed by atoms with Gasteiger partial charge in [-0.3, -0.25) is 4.57 Å². The lowest BCUT2D eigenvalue weighted by atomic mass is 10.0. The van der Waals surface area contributed by atoms with Gasteiger partial charge in [0.05, 0.1) is 22.7 Å². The summed E-state index contributed by atoms with van der Waals surface area (Å²) in [6, 6.07) is 45.2. The Bertz CT molecular complexity index is 2560. The monoisotopic (exact) mass is 551 g/mol. The molecule has 0 aliphatic rings. The van der Waals surface area contributed by atoms with Crippen LogP contribution in [-0.2, 0) is 0 Å². The predicted octanol–water partition coefficient (Wildman–Crippen LogP) is 10.0. The summed E-state index contributed by atoms with van der Waals surface area (Å²) >= 11 is 0. The quantitative estimate of drug-likeness (QED) is 0.219. The van der Waals surface area contributed by atoms with Crippen molar-refractivity contribution in [2.24, 2.45) is 0 Å². The van der Waals surface area contributed by atoms with Crippen LogP contribution < -0.4 is 0 Å². The van der Waals surface area contributed by atoms with Gasteiger partial charge in [0.15, 0.2) is 0 Å². The Morgan fingerprint density at radius 1 is 0.535 bits per heavy atom. The summed E-state index contributed by atoms with van der Waals surface area (Å²) in [5.41, 5.74) is 9.97. The number of nitriles is 1. The molecule has 43 heavy (non-hydrogen) atoms. The van der Waals surface area contributed by atoms with Gasteiger partial charge >= 0.3 is 0 Å². The number of fused-ring (bicyclic) bond motifs is 7. The zero-order valence-electron chi connectivity index (χ0n) is 22.8. The van der Waals surface area contributed by atoms with Crippen LogP contribution in [0.2, 0.25) is 0 Å². The first-order chi connectivity index (χ1) is 21.2. The van der Waals surface area contributed by atoms with Crippen LogP contribution in [0.15, 0.2) is 136 Å². The van der Waals surface area contributed by atoms with Gasteiger partial charge in [-0.05, 0) is 71.8 Å². The third-order valence-corrected chi connectivity index (χ3v) is 8.24. The Labute approximate surface area is 245 Å². The Kier molecular flexibility index (Phi) is 4.90. The lowest BCUT2D eigenvalue weighted by Crippen LogP contribution is -1.97. The van der Waals surface area contributed by atoms with Crippen molar-refractivity contribution in [3.63, 3.8) is 0 Å². The van der Waals surface area contributed by atoms with Gasteiger partial charge in [-0.2, -0.15) is 5.26 Å². The second-order valence-corrected chi connectivity index (χ2v) is 10.8. The number of imidazole rings is 1. The largest absolute Gasteiger partial charge is 0.456 e. The van der Waals surface area contributed by atoms with Gasteiger partial charge < -0.3 is 8.83 Å². The summed E-state index contributed by atoms with van der Waals surface area (Å²) in [6.07, 6.45) is 0. The Morgan fingerprint density at radius 3 is 2.00 bits per heavy atom. The maximum absolute atomic E-state index is 9.44. The maximum atomic E-state index is 9.44. The maximum Gasteiger partial charge on any atom is 0.145 e. The first-order valence-electron chi connectivity index (χ1n) is 14.1. The van der Waals surface area contributed by atoms with E-state index < -0.39 is 0 Å². The summed E-state index contributed by atoms with van der Waals surface area (Å²) in [7, 11) is 0. The fourth-order valence-electron chi connectivity index (χ4n) is 6.17. The van der Waals surface area contributed by atoms with E-state index in [4.69, 9.17) is 13.8 Å². The molecule has 0 saturated heterocycles. The Balaban J connectivity index is 1.16. The van der Waals surface area contributed by atoms with Crippen LogP contribution >= 0.6 is 0 Å². The van der Waals surface area contributed by atoms with Crippen LogP contribution in [0.1, 0.15) is 5.56 Å². The minimum Gasteiger partial charge on any atom is -0.456 e. The van der Waals surface area contributed by atoms with E-state index >= 15 is 0 Å². The predicted molar refractivity (Wildman–Crippen MR) is 171 cm³/mol. The van der Waals surface area contributed by atoms with Crippen molar-refractivity contribution in [3.05, 3.63) is 133 Å². The van der Waals surface area contributed by atoms with Crippen LogP contribution in [0, 0.1) is 11.3 Å². The molecule has 9 rings (SSSR count). The second kappa shape index (κ2) is 8.94. The molecule has 0 atom stereocenters. The molecule has 5 nitrogen and oxygen atoms in total. The molecule has 0 N–H and O–H groups in total. The normalized spacial score (nSPS) is 11.7. The van der Waals surface area contributed by atoms with Crippen molar-refractivity contribution >= 4 is 54.9 Å². The van der Waals surface area contributed by atoms with Gasteiger partial charge in [0, 0.05) is 32.8 Å². The van der Waals surface area contributed by atoms with E-state index in [1.165, 1.54) is 0 Å². The van der Waals surface area contributed by atoms with E-state index in [1.807, 2.05) is 60.7 Å². The van der Waals surface area contributed by atoms with Crippen molar-refractivity contribution < 1.29 is 8.83 Å². The molecule has 0 radical (unpaired) electrons. The standard InChI is InChI=1S/C38H21N3O2/c39-22-23-10-16-33-32(18-23)40-38(25-6-2-1-3-7-25)41(33)27-14-11-24(12-15-27)26-13-17-35-29(19-26)31-21-36-30(20-37(31)43-35)28-8-4-5-9-34(28)42-36/h1-21H. The van der Waals surface area contributed by atoms with Crippen molar-refractivity contribution in [1.82, 2.24) is 9.55 Å². The number of nitrogens with zero attached hydrogens (tertiary/aromatic N) is 3. The molecular formula is C38H21N3O2. The highest BCUT2D eigenvalue weighted by Gasteiger charge is 2.16. The first-order valence-corrected chi connectivity index (χ1v) is 14.1. The van der Waals surface area contributed by atoms with Gasteiger partial charge in [0.2, 0.25) is 0 Å². The Hall–Kier alpha value is -6.12. The van der Waals surface area contributed by atoms with E-state index in [-0.39, 0.29) is 0 Å². The summed E-state index contributed by atoms with van der Waals surface area (Å²) in [5, 5.41) is 13.7. The topological polar surface area (TPSA) is 67.9 Å².